The molecule has 3 rings (SSSR count). The molecule has 2 N–H and O–H groups in total. The predicted octanol–water partition coefficient (Wildman–Crippen LogP) is 2.95. The molecule has 0 spiro atoms. The van der Waals surface area contributed by atoms with Gasteiger partial charge in [0.1, 0.15) is 11.5 Å². The lowest BCUT2D eigenvalue weighted by Crippen LogP contribution is -2.41. The quantitative estimate of drug-likeness (QED) is 0.512. The van der Waals surface area contributed by atoms with Gasteiger partial charge in [-0.05, 0) is 39.0 Å². The van der Waals surface area contributed by atoms with Crippen LogP contribution in [-0.4, -0.2) is 22.0 Å². The minimum atomic E-state index is -0.441. The summed E-state index contributed by atoms with van der Waals surface area (Å²) in [6.45, 7) is 5.18. The number of aromatic nitrogens is 2. The van der Waals surface area contributed by atoms with Gasteiger partial charge in [0.05, 0.1) is 16.9 Å². The number of benzene rings is 1. The largest absolute Gasteiger partial charge is 0.466 e. The fraction of sp³-hybridized carbons (Fsp3) is 0.222. The topological polar surface area (TPSA) is 110 Å². The van der Waals surface area contributed by atoms with Crippen molar-refractivity contribution >= 4 is 23.6 Å². The van der Waals surface area contributed by atoms with Gasteiger partial charge in [-0.25, -0.2) is 0 Å². The highest BCUT2D eigenvalue weighted by molar-refractivity contribution is 7.98. The molecular formula is C18H18N4O4S. The Morgan fingerprint density at radius 2 is 1.78 bits per heavy atom. The first kappa shape index (κ1) is 18.7. The molecule has 0 aliphatic carbocycles. The normalized spacial score (nSPS) is 10.6. The summed E-state index contributed by atoms with van der Waals surface area (Å²) in [4.78, 5) is 29.6. The molecule has 2 heterocycles. The molecule has 0 saturated heterocycles. The molecule has 0 saturated carbocycles. The molecule has 0 radical (unpaired) electrons. The smallest absolute Gasteiger partial charge is 0.273 e. The molecule has 0 fully saturated rings. The molecule has 3 aromatic rings. The number of nitrogens with zero attached hydrogens (tertiary/aromatic N) is 2. The minimum absolute atomic E-state index is 0.377. The first-order valence-electron chi connectivity index (χ1n) is 8.13. The van der Waals surface area contributed by atoms with Gasteiger partial charge in [-0.3, -0.25) is 20.4 Å². The second kappa shape index (κ2) is 8.09. The van der Waals surface area contributed by atoms with Crippen molar-refractivity contribution < 1.29 is 18.5 Å². The molecule has 8 nitrogen and oxygen atoms in total. The van der Waals surface area contributed by atoms with Crippen molar-refractivity contribution in [2.45, 2.75) is 31.4 Å². The highest BCUT2D eigenvalue weighted by Crippen LogP contribution is 2.25. The Morgan fingerprint density at radius 1 is 1.07 bits per heavy atom. The Morgan fingerprint density at radius 3 is 2.41 bits per heavy atom. The molecule has 0 bridgehead atoms. The van der Waals surface area contributed by atoms with E-state index in [4.69, 9.17) is 8.94 Å². The van der Waals surface area contributed by atoms with E-state index in [9.17, 15) is 9.59 Å². The van der Waals surface area contributed by atoms with Crippen LogP contribution in [0.15, 0.2) is 44.2 Å². The third-order valence-electron chi connectivity index (χ3n) is 3.63. The monoisotopic (exact) mass is 386 g/mol. The van der Waals surface area contributed by atoms with Gasteiger partial charge in [0.25, 0.3) is 11.8 Å². The highest BCUT2D eigenvalue weighted by atomic mass is 32.2. The van der Waals surface area contributed by atoms with Gasteiger partial charge in [0.15, 0.2) is 5.82 Å². The van der Waals surface area contributed by atoms with E-state index in [1.807, 2.05) is 12.1 Å². The maximum atomic E-state index is 12.5. The summed E-state index contributed by atoms with van der Waals surface area (Å²) < 4.78 is 10.4. The summed E-state index contributed by atoms with van der Waals surface area (Å²) in [7, 11) is 0. The number of nitrogens with one attached hydrogen (secondary N) is 2. The van der Waals surface area contributed by atoms with Crippen molar-refractivity contribution in [3.05, 3.63) is 64.7 Å². The number of rotatable bonds is 5. The molecule has 2 amide bonds. The van der Waals surface area contributed by atoms with Crippen LogP contribution in [0, 0.1) is 20.8 Å². The first-order valence-corrected chi connectivity index (χ1v) is 9.11. The lowest BCUT2D eigenvalue weighted by atomic mass is 10.2. The average Bonchev–Trinajstić information content (AvgIpc) is 3.22. The molecule has 140 valence electrons. The Bertz CT molecular complexity index is 979. The maximum absolute atomic E-state index is 12.5. The summed E-state index contributed by atoms with van der Waals surface area (Å²) in [6, 6.07) is 8.69. The van der Waals surface area contributed by atoms with Gasteiger partial charge >= 0.3 is 0 Å². The number of carbonyl (C=O) groups is 2. The van der Waals surface area contributed by atoms with E-state index >= 15 is 0 Å². The molecule has 0 unspecified atom stereocenters. The summed E-state index contributed by atoms with van der Waals surface area (Å²) >= 11 is 1.39. The van der Waals surface area contributed by atoms with Crippen LogP contribution < -0.4 is 10.9 Å². The number of aryl methyl sites for hydroxylation is 3. The lowest BCUT2D eigenvalue weighted by Gasteiger charge is -2.10. The van der Waals surface area contributed by atoms with E-state index in [2.05, 4.69) is 21.0 Å². The van der Waals surface area contributed by atoms with Crippen molar-refractivity contribution in [2.75, 3.05) is 0 Å². The Labute approximate surface area is 159 Å². The Balaban J connectivity index is 1.64. The van der Waals surface area contributed by atoms with Crippen LogP contribution in [-0.2, 0) is 5.75 Å². The fourth-order valence-electron chi connectivity index (χ4n) is 2.42. The molecule has 0 aliphatic heterocycles. The van der Waals surface area contributed by atoms with Gasteiger partial charge in [0.2, 0.25) is 5.89 Å². The molecule has 9 heteroatoms. The number of hydrogen-bond donors (Lipinski definition) is 2. The summed E-state index contributed by atoms with van der Waals surface area (Å²) in [6.07, 6.45) is 0. The number of hydrogen-bond acceptors (Lipinski definition) is 7. The first-order chi connectivity index (χ1) is 12.9. The second-order valence-corrected chi connectivity index (χ2v) is 6.77. The molecule has 0 atom stereocenters. The molecule has 0 aliphatic rings. The van der Waals surface area contributed by atoms with E-state index in [0.29, 0.717) is 40.1 Å². The van der Waals surface area contributed by atoms with E-state index in [-0.39, 0.29) is 0 Å². The van der Waals surface area contributed by atoms with Crippen LogP contribution in [0.3, 0.4) is 0 Å². The summed E-state index contributed by atoms with van der Waals surface area (Å²) in [5.74, 6) is 1.73. The second-order valence-electron chi connectivity index (χ2n) is 5.76. The van der Waals surface area contributed by atoms with Gasteiger partial charge in [0, 0.05) is 4.90 Å². The standard InChI is InChI=1S/C18H18N4O4S/c1-10-8-14(11(2)25-10)18(24)21-20-17(23)13-6-4-5-7-15(13)27-9-16-19-12(3)22-26-16/h4-8H,9H2,1-3H3,(H,20,23)(H,21,24). The van der Waals surface area contributed by atoms with Crippen LogP contribution >= 0.6 is 11.8 Å². The van der Waals surface area contributed by atoms with Gasteiger partial charge in [-0.1, -0.05) is 17.3 Å². The Kier molecular flexibility index (Phi) is 5.60. The van der Waals surface area contributed by atoms with Crippen molar-refractivity contribution in [2.24, 2.45) is 0 Å². The Hall–Kier alpha value is -3.07. The predicted molar refractivity (Wildman–Crippen MR) is 98.2 cm³/mol. The number of carbonyl (C=O) groups excluding carboxylic acids is 2. The molecule has 1 aromatic carbocycles. The minimum Gasteiger partial charge on any atom is -0.466 e. The van der Waals surface area contributed by atoms with Crippen molar-refractivity contribution in [3.63, 3.8) is 0 Å². The van der Waals surface area contributed by atoms with Crippen LogP contribution in [0.1, 0.15) is 44.0 Å². The zero-order chi connectivity index (χ0) is 19.4. The molecule has 27 heavy (non-hydrogen) atoms. The number of amides is 2. The zero-order valence-electron chi connectivity index (χ0n) is 15.0. The van der Waals surface area contributed by atoms with Crippen LogP contribution in [0.4, 0.5) is 0 Å². The van der Waals surface area contributed by atoms with Crippen molar-refractivity contribution in [1.29, 1.82) is 0 Å². The highest BCUT2D eigenvalue weighted by Gasteiger charge is 2.16. The van der Waals surface area contributed by atoms with Gasteiger partial charge in [-0.2, -0.15) is 4.98 Å². The molecular weight excluding hydrogens is 368 g/mol. The number of furan rings is 1. The van der Waals surface area contributed by atoms with Gasteiger partial charge in [-0.15, -0.1) is 11.8 Å². The van der Waals surface area contributed by atoms with Crippen LogP contribution in [0.2, 0.25) is 0 Å². The van der Waals surface area contributed by atoms with Crippen molar-refractivity contribution in [1.82, 2.24) is 21.0 Å². The van der Waals surface area contributed by atoms with E-state index < -0.39 is 11.8 Å². The average molecular weight is 386 g/mol. The SMILES string of the molecule is Cc1noc(CSc2ccccc2C(=O)NNC(=O)c2cc(C)oc2C)n1. The number of hydrazine groups is 1. The summed E-state index contributed by atoms with van der Waals surface area (Å²) in [5.41, 5.74) is 5.65. The fourth-order valence-corrected chi connectivity index (χ4v) is 3.31. The lowest BCUT2D eigenvalue weighted by molar-refractivity contribution is 0.0844. The number of thioether (sulfide) groups is 1. The van der Waals surface area contributed by atoms with Crippen LogP contribution in [0.5, 0.6) is 0 Å². The third kappa shape index (κ3) is 4.56. The van der Waals surface area contributed by atoms with Gasteiger partial charge < -0.3 is 8.94 Å². The van der Waals surface area contributed by atoms with E-state index in [1.54, 1.807) is 39.0 Å². The third-order valence-corrected chi connectivity index (χ3v) is 4.69. The molecule has 2 aromatic heterocycles. The van der Waals surface area contributed by atoms with Crippen molar-refractivity contribution in [3.8, 4) is 0 Å². The zero-order valence-corrected chi connectivity index (χ0v) is 15.8. The van der Waals surface area contributed by atoms with E-state index in [1.165, 1.54) is 11.8 Å². The van der Waals surface area contributed by atoms with E-state index in [0.717, 1.165) is 4.90 Å². The van der Waals surface area contributed by atoms with Crippen LogP contribution in [0.25, 0.3) is 0 Å². The summed E-state index contributed by atoms with van der Waals surface area (Å²) in [5, 5.41) is 3.74. The maximum Gasteiger partial charge on any atom is 0.273 e.